The fourth-order valence-corrected chi connectivity index (χ4v) is 3.77. The summed E-state index contributed by atoms with van der Waals surface area (Å²) in [5.41, 5.74) is 0.479. The molecule has 1 fully saturated rings. The number of halogens is 4. The van der Waals surface area contributed by atoms with Crippen LogP contribution in [-0.2, 0) is 0 Å². The summed E-state index contributed by atoms with van der Waals surface area (Å²) in [5.74, 6) is 0.321. The molecule has 3 N–H and O–H groups in total. The fourth-order valence-electron chi connectivity index (χ4n) is 2.97. The van der Waals surface area contributed by atoms with Crippen LogP contribution in [0.2, 0.25) is 0 Å². The molecule has 0 heterocycles. The number of aliphatic hydroxyl groups excluding tert-OH is 1. The number of nitrogens with one attached hydrogen (secondary N) is 2. The summed E-state index contributed by atoms with van der Waals surface area (Å²) in [6.07, 6.45) is -0.191. The van der Waals surface area contributed by atoms with Gasteiger partial charge in [-0.1, -0.05) is 12.1 Å². The molecule has 0 amide bonds. The number of alkyl halides is 3. The zero-order valence-electron chi connectivity index (χ0n) is 15.8. The van der Waals surface area contributed by atoms with Crippen molar-refractivity contribution in [3.63, 3.8) is 0 Å². The highest BCUT2D eigenvalue weighted by atomic mass is 127. The smallest absolute Gasteiger partial charge is 0.406 e. The molecular formula is C18H27F3IN3O2S. The Hall–Kier alpha value is -0.880. The van der Waals surface area contributed by atoms with E-state index in [2.05, 4.69) is 26.6 Å². The summed E-state index contributed by atoms with van der Waals surface area (Å²) >= 11 is 1.88. The van der Waals surface area contributed by atoms with Crippen molar-refractivity contribution in [1.82, 2.24) is 10.6 Å². The van der Waals surface area contributed by atoms with Crippen molar-refractivity contribution in [2.45, 2.75) is 49.9 Å². The molecule has 0 spiro atoms. The van der Waals surface area contributed by atoms with Crippen molar-refractivity contribution < 1.29 is 23.0 Å². The Morgan fingerprint density at radius 3 is 2.54 bits per heavy atom. The molecule has 0 radical (unpaired) electrons. The first kappa shape index (κ1) is 25.2. The minimum absolute atomic E-state index is 0. The van der Waals surface area contributed by atoms with E-state index in [0.717, 1.165) is 12.8 Å². The first-order valence-corrected chi connectivity index (χ1v) is 10.2. The number of hydrogen-bond donors (Lipinski definition) is 3. The highest BCUT2D eigenvalue weighted by molar-refractivity contribution is 14.0. The lowest BCUT2D eigenvalue weighted by Crippen LogP contribution is -2.42. The van der Waals surface area contributed by atoms with Gasteiger partial charge in [-0.25, -0.2) is 0 Å². The molecule has 3 unspecified atom stereocenters. The number of thioether (sulfide) groups is 1. The molecular weight excluding hydrogens is 506 g/mol. The van der Waals surface area contributed by atoms with Gasteiger partial charge in [0.2, 0.25) is 0 Å². The van der Waals surface area contributed by atoms with E-state index in [0.29, 0.717) is 29.4 Å². The molecule has 160 valence electrons. The summed E-state index contributed by atoms with van der Waals surface area (Å²) in [6, 6.07) is 5.53. The largest absolute Gasteiger partial charge is 0.573 e. The molecule has 5 nitrogen and oxygen atoms in total. The third kappa shape index (κ3) is 8.64. The first-order chi connectivity index (χ1) is 12.8. The Kier molecular flexibility index (Phi) is 10.7. The van der Waals surface area contributed by atoms with E-state index in [1.807, 2.05) is 18.7 Å². The van der Waals surface area contributed by atoms with Gasteiger partial charge in [0.1, 0.15) is 5.75 Å². The Morgan fingerprint density at radius 1 is 1.32 bits per heavy atom. The monoisotopic (exact) mass is 533 g/mol. The minimum atomic E-state index is -4.73. The lowest BCUT2D eigenvalue weighted by molar-refractivity contribution is -0.274. The number of nitrogens with zero attached hydrogens (tertiary/aromatic N) is 1. The third-order valence-corrected chi connectivity index (χ3v) is 5.42. The van der Waals surface area contributed by atoms with Gasteiger partial charge in [0.05, 0.1) is 12.6 Å². The van der Waals surface area contributed by atoms with Crippen molar-refractivity contribution in [2.75, 3.05) is 19.3 Å². The number of aliphatic hydroxyl groups is 1. The molecule has 1 aliphatic carbocycles. The fraction of sp³-hybridized carbons (Fsp3) is 0.611. The van der Waals surface area contributed by atoms with Crippen LogP contribution in [0.5, 0.6) is 5.75 Å². The van der Waals surface area contributed by atoms with E-state index < -0.39 is 12.5 Å². The van der Waals surface area contributed by atoms with Gasteiger partial charge in [-0.2, -0.15) is 11.8 Å². The number of aliphatic imine (C=N–C) groups is 1. The maximum atomic E-state index is 12.2. The second kappa shape index (κ2) is 12.0. The normalized spacial score (nSPS) is 21.0. The SMILES string of the molecule is CCNC(=NCC(O)c1ccc(OC(F)(F)F)cc1)NC1CCC(SC)C1.I. The number of ether oxygens (including phenoxy) is 1. The van der Waals surface area contributed by atoms with Crippen molar-refractivity contribution in [3.05, 3.63) is 29.8 Å². The first-order valence-electron chi connectivity index (χ1n) is 8.92. The summed E-state index contributed by atoms with van der Waals surface area (Å²) in [7, 11) is 0. The topological polar surface area (TPSA) is 65.9 Å². The summed E-state index contributed by atoms with van der Waals surface area (Å²) < 4.78 is 40.4. The van der Waals surface area contributed by atoms with Crippen LogP contribution in [-0.4, -0.2) is 48.1 Å². The van der Waals surface area contributed by atoms with Gasteiger partial charge in [-0.3, -0.25) is 4.99 Å². The summed E-state index contributed by atoms with van der Waals surface area (Å²) in [4.78, 5) is 4.41. The maximum Gasteiger partial charge on any atom is 0.573 e. The van der Waals surface area contributed by atoms with Crippen LogP contribution in [0.3, 0.4) is 0 Å². The highest BCUT2D eigenvalue weighted by Crippen LogP contribution is 2.28. The number of hydrogen-bond acceptors (Lipinski definition) is 4. The number of guanidine groups is 1. The highest BCUT2D eigenvalue weighted by Gasteiger charge is 2.31. The Bertz CT molecular complexity index is 617. The van der Waals surface area contributed by atoms with E-state index in [4.69, 9.17) is 0 Å². The van der Waals surface area contributed by atoms with E-state index in [-0.39, 0.29) is 36.3 Å². The van der Waals surface area contributed by atoms with Gasteiger partial charge in [0.15, 0.2) is 5.96 Å². The predicted octanol–water partition coefficient (Wildman–Crippen LogP) is 4.08. The van der Waals surface area contributed by atoms with Gasteiger partial charge >= 0.3 is 6.36 Å². The molecule has 10 heteroatoms. The van der Waals surface area contributed by atoms with Gasteiger partial charge in [0, 0.05) is 17.8 Å². The van der Waals surface area contributed by atoms with Crippen molar-refractivity contribution >= 4 is 41.7 Å². The Balaban J connectivity index is 0.00000392. The van der Waals surface area contributed by atoms with Crippen LogP contribution in [0.15, 0.2) is 29.3 Å². The second-order valence-electron chi connectivity index (χ2n) is 6.36. The molecule has 2 rings (SSSR count). The Labute approximate surface area is 184 Å². The third-order valence-electron chi connectivity index (χ3n) is 4.32. The zero-order chi connectivity index (χ0) is 19.9. The predicted molar refractivity (Wildman–Crippen MR) is 118 cm³/mol. The molecule has 1 saturated carbocycles. The lowest BCUT2D eigenvalue weighted by Gasteiger charge is -2.18. The van der Waals surface area contributed by atoms with Gasteiger partial charge in [-0.05, 0) is 50.1 Å². The Morgan fingerprint density at radius 2 is 2.00 bits per heavy atom. The summed E-state index contributed by atoms with van der Waals surface area (Å²) in [6.45, 7) is 2.77. The molecule has 28 heavy (non-hydrogen) atoms. The molecule has 1 aliphatic rings. The number of rotatable bonds is 7. The van der Waals surface area contributed by atoms with Crippen LogP contribution < -0.4 is 15.4 Å². The van der Waals surface area contributed by atoms with Crippen molar-refractivity contribution in [1.29, 1.82) is 0 Å². The second-order valence-corrected chi connectivity index (χ2v) is 7.50. The molecule has 1 aromatic carbocycles. The average molecular weight is 533 g/mol. The quantitative estimate of drug-likeness (QED) is 0.280. The molecule has 0 aliphatic heterocycles. The zero-order valence-corrected chi connectivity index (χ0v) is 19.0. The van der Waals surface area contributed by atoms with Gasteiger partial charge in [0.25, 0.3) is 0 Å². The van der Waals surface area contributed by atoms with Crippen LogP contribution in [0.1, 0.15) is 37.9 Å². The van der Waals surface area contributed by atoms with Crippen LogP contribution in [0, 0.1) is 0 Å². The number of benzene rings is 1. The van der Waals surface area contributed by atoms with Crippen molar-refractivity contribution in [2.24, 2.45) is 4.99 Å². The molecule has 1 aromatic rings. The maximum absolute atomic E-state index is 12.2. The minimum Gasteiger partial charge on any atom is -0.406 e. The van der Waals surface area contributed by atoms with Crippen LogP contribution in [0.4, 0.5) is 13.2 Å². The van der Waals surface area contributed by atoms with Crippen molar-refractivity contribution in [3.8, 4) is 5.75 Å². The van der Waals surface area contributed by atoms with E-state index in [9.17, 15) is 18.3 Å². The van der Waals surface area contributed by atoms with Gasteiger partial charge < -0.3 is 20.5 Å². The van der Waals surface area contributed by atoms with E-state index in [1.165, 1.54) is 30.7 Å². The van der Waals surface area contributed by atoms with Gasteiger partial charge in [-0.15, -0.1) is 37.1 Å². The average Bonchev–Trinajstić information content (AvgIpc) is 3.06. The molecule has 0 saturated heterocycles. The molecule has 0 aromatic heterocycles. The summed E-state index contributed by atoms with van der Waals surface area (Å²) in [5, 5.41) is 17.5. The molecule has 0 bridgehead atoms. The molecule has 3 atom stereocenters. The van der Waals surface area contributed by atoms with E-state index >= 15 is 0 Å². The van der Waals surface area contributed by atoms with Crippen LogP contribution >= 0.6 is 35.7 Å². The van der Waals surface area contributed by atoms with Crippen LogP contribution in [0.25, 0.3) is 0 Å². The lowest BCUT2D eigenvalue weighted by atomic mass is 10.1. The van der Waals surface area contributed by atoms with E-state index in [1.54, 1.807) is 0 Å². The standard InChI is InChI=1S/C18H26F3N3O2S.HI/c1-3-22-17(24-13-6-9-15(10-13)27-2)23-11-16(25)12-4-7-14(8-5-12)26-18(19,20)21;/h4-5,7-8,13,15-16,25H,3,6,9-11H2,1-2H3,(H2,22,23,24);1H.